The van der Waals surface area contributed by atoms with Crippen LogP contribution in [-0.2, 0) is 6.54 Å². The highest BCUT2D eigenvalue weighted by atomic mass is 16.5. The summed E-state index contributed by atoms with van der Waals surface area (Å²) in [5.41, 5.74) is 1.32. The van der Waals surface area contributed by atoms with E-state index in [9.17, 15) is 0 Å². The summed E-state index contributed by atoms with van der Waals surface area (Å²) in [7, 11) is 0. The van der Waals surface area contributed by atoms with Gasteiger partial charge in [0.15, 0.2) is 0 Å². The van der Waals surface area contributed by atoms with Crippen molar-refractivity contribution in [1.82, 2.24) is 5.32 Å². The van der Waals surface area contributed by atoms with Crippen LogP contribution in [0.1, 0.15) is 52.0 Å². The summed E-state index contributed by atoms with van der Waals surface area (Å²) in [6.45, 7) is 8.66. The molecule has 1 saturated carbocycles. The lowest BCUT2D eigenvalue weighted by atomic mass is 9.79. The summed E-state index contributed by atoms with van der Waals surface area (Å²) in [5.74, 6) is 2.73. The number of rotatable bonds is 6. The zero-order valence-corrected chi connectivity index (χ0v) is 13.2. The lowest BCUT2D eigenvalue weighted by molar-refractivity contribution is 0.225. The van der Waals surface area contributed by atoms with Crippen LogP contribution in [0.25, 0.3) is 0 Å². The van der Waals surface area contributed by atoms with Crippen LogP contribution in [0.4, 0.5) is 0 Å². The molecule has 1 aliphatic rings. The summed E-state index contributed by atoms with van der Waals surface area (Å²) in [6, 6.07) is 9.16. The molecule has 1 aromatic rings. The molecule has 2 heteroatoms. The summed E-state index contributed by atoms with van der Waals surface area (Å²) >= 11 is 0. The minimum Gasteiger partial charge on any atom is -0.494 e. The molecule has 3 atom stereocenters. The third-order valence-electron chi connectivity index (χ3n) is 4.56. The SMILES string of the molecule is CCCOc1cccc(CNC2CCC(C)C(C)C2)c1. The van der Waals surface area contributed by atoms with Gasteiger partial charge in [0.2, 0.25) is 0 Å². The molecule has 0 radical (unpaired) electrons. The van der Waals surface area contributed by atoms with Crippen molar-refractivity contribution in [3.05, 3.63) is 29.8 Å². The normalized spacial score (nSPS) is 26.4. The van der Waals surface area contributed by atoms with Crippen LogP contribution < -0.4 is 10.1 Å². The van der Waals surface area contributed by atoms with Gasteiger partial charge in [-0.15, -0.1) is 0 Å². The number of ether oxygens (including phenoxy) is 1. The maximum atomic E-state index is 5.69. The molecule has 2 nitrogen and oxygen atoms in total. The van der Waals surface area contributed by atoms with E-state index in [4.69, 9.17) is 4.74 Å². The van der Waals surface area contributed by atoms with Gasteiger partial charge in [-0.2, -0.15) is 0 Å². The highest BCUT2D eigenvalue weighted by Crippen LogP contribution is 2.29. The van der Waals surface area contributed by atoms with Gasteiger partial charge in [-0.1, -0.05) is 32.9 Å². The van der Waals surface area contributed by atoms with Gasteiger partial charge in [0.1, 0.15) is 5.75 Å². The van der Waals surface area contributed by atoms with Crippen LogP contribution in [0.3, 0.4) is 0 Å². The zero-order valence-electron chi connectivity index (χ0n) is 13.2. The van der Waals surface area contributed by atoms with Gasteiger partial charge in [0, 0.05) is 12.6 Å². The fourth-order valence-electron chi connectivity index (χ4n) is 2.96. The van der Waals surface area contributed by atoms with Crippen molar-refractivity contribution in [3.8, 4) is 5.75 Å². The first kappa shape index (κ1) is 15.4. The molecule has 0 spiro atoms. The van der Waals surface area contributed by atoms with Gasteiger partial charge < -0.3 is 10.1 Å². The van der Waals surface area contributed by atoms with Crippen LogP contribution in [0.2, 0.25) is 0 Å². The molecule has 0 saturated heterocycles. The monoisotopic (exact) mass is 275 g/mol. The number of benzene rings is 1. The minimum atomic E-state index is 0.682. The van der Waals surface area contributed by atoms with Crippen molar-refractivity contribution in [1.29, 1.82) is 0 Å². The molecular weight excluding hydrogens is 246 g/mol. The average Bonchev–Trinajstić information content (AvgIpc) is 2.47. The summed E-state index contributed by atoms with van der Waals surface area (Å²) in [4.78, 5) is 0. The lowest BCUT2D eigenvalue weighted by Gasteiger charge is -2.32. The van der Waals surface area contributed by atoms with Gasteiger partial charge >= 0.3 is 0 Å². The van der Waals surface area contributed by atoms with Crippen molar-refractivity contribution >= 4 is 0 Å². The van der Waals surface area contributed by atoms with Crippen LogP contribution in [-0.4, -0.2) is 12.6 Å². The molecule has 1 N–H and O–H groups in total. The van der Waals surface area contributed by atoms with Crippen LogP contribution >= 0.6 is 0 Å². The quantitative estimate of drug-likeness (QED) is 0.831. The molecule has 0 aliphatic heterocycles. The fourth-order valence-corrected chi connectivity index (χ4v) is 2.96. The lowest BCUT2D eigenvalue weighted by Crippen LogP contribution is -2.35. The second kappa shape index (κ2) is 7.68. The summed E-state index contributed by atoms with van der Waals surface area (Å²) < 4.78 is 5.69. The maximum Gasteiger partial charge on any atom is 0.119 e. The van der Waals surface area contributed by atoms with E-state index >= 15 is 0 Å². The van der Waals surface area contributed by atoms with Crippen molar-refractivity contribution in [3.63, 3.8) is 0 Å². The topological polar surface area (TPSA) is 21.3 Å². The Morgan fingerprint density at radius 1 is 1.20 bits per heavy atom. The standard InChI is InChI=1S/C18H29NO/c1-4-10-20-18-7-5-6-16(12-18)13-19-17-9-8-14(2)15(3)11-17/h5-7,12,14-15,17,19H,4,8-11,13H2,1-3H3. The van der Waals surface area contributed by atoms with E-state index in [1.807, 2.05) is 6.07 Å². The fraction of sp³-hybridized carbons (Fsp3) is 0.667. The minimum absolute atomic E-state index is 0.682. The molecule has 112 valence electrons. The van der Waals surface area contributed by atoms with E-state index in [1.54, 1.807) is 0 Å². The third-order valence-corrected chi connectivity index (χ3v) is 4.56. The second-order valence-corrected chi connectivity index (χ2v) is 6.34. The molecular formula is C18H29NO. The highest BCUT2D eigenvalue weighted by molar-refractivity contribution is 5.28. The Bertz CT molecular complexity index is 404. The molecule has 0 bridgehead atoms. The van der Waals surface area contributed by atoms with E-state index in [-0.39, 0.29) is 0 Å². The average molecular weight is 275 g/mol. The Morgan fingerprint density at radius 2 is 2.05 bits per heavy atom. The predicted octanol–water partition coefficient (Wildman–Crippen LogP) is 4.39. The molecule has 0 amide bonds. The van der Waals surface area contributed by atoms with Crippen molar-refractivity contribution in [2.24, 2.45) is 11.8 Å². The Morgan fingerprint density at radius 3 is 2.80 bits per heavy atom. The van der Waals surface area contributed by atoms with Gasteiger partial charge in [0.25, 0.3) is 0 Å². The Balaban J connectivity index is 1.81. The Hall–Kier alpha value is -1.02. The highest BCUT2D eigenvalue weighted by Gasteiger charge is 2.23. The zero-order chi connectivity index (χ0) is 14.4. The van der Waals surface area contributed by atoms with Gasteiger partial charge in [0.05, 0.1) is 6.61 Å². The summed E-state index contributed by atoms with van der Waals surface area (Å²) in [6.07, 6.45) is 5.05. The molecule has 3 unspecified atom stereocenters. The van der Waals surface area contributed by atoms with Crippen LogP contribution in [0.15, 0.2) is 24.3 Å². The predicted molar refractivity (Wildman–Crippen MR) is 85.0 cm³/mol. The van der Waals surface area contributed by atoms with Crippen molar-refractivity contribution in [2.75, 3.05) is 6.61 Å². The second-order valence-electron chi connectivity index (χ2n) is 6.34. The van der Waals surface area contributed by atoms with E-state index in [0.717, 1.165) is 37.2 Å². The smallest absolute Gasteiger partial charge is 0.119 e. The van der Waals surface area contributed by atoms with E-state index in [2.05, 4.69) is 44.3 Å². The van der Waals surface area contributed by atoms with E-state index in [0.29, 0.717) is 6.04 Å². The van der Waals surface area contributed by atoms with E-state index in [1.165, 1.54) is 24.8 Å². The number of hydrogen-bond donors (Lipinski definition) is 1. The molecule has 1 aliphatic carbocycles. The largest absolute Gasteiger partial charge is 0.494 e. The molecule has 20 heavy (non-hydrogen) atoms. The Kier molecular flexibility index (Phi) is 5.90. The summed E-state index contributed by atoms with van der Waals surface area (Å²) in [5, 5.41) is 3.72. The van der Waals surface area contributed by atoms with Gasteiger partial charge in [-0.3, -0.25) is 0 Å². The number of nitrogens with one attached hydrogen (secondary N) is 1. The van der Waals surface area contributed by atoms with Crippen LogP contribution in [0, 0.1) is 11.8 Å². The van der Waals surface area contributed by atoms with Crippen molar-refractivity contribution in [2.45, 2.75) is 59.0 Å². The first-order valence-electron chi connectivity index (χ1n) is 8.14. The number of hydrogen-bond acceptors (Lipinski definition) is 2. The Labute approximate surface area is 123 Å². The molecule has 0 heterocycles. The first-order chi connectivity index (χ1) is 9.69. The third kappa shape index (κ3) is 4.52. The molecule has 2 rings (SSSR count). The molecule has 1 aromatic carbocycles. The van der Waals surface area contributed by atoms with Gasteiger partial charge in [-0.25, -0.2) is 0 Å². The maximum absolute atomic E-state index is 5.69. The first-order valence-corrected chi connectivity index (χ1v) is 8.14. The van der Waals surface area contributed by atoms with Gasteiger partial charge in [-0.05, 0) is 55.2 Å². The molecule has 0 aromatic heterocycles. The van der Waals surface area contributed by atoms with Crippen LogP contribution in [0.5, 0.6) is 5.75 Å². The van der Waals surface area contributed by atoms with E-state index < -0.39 is 0 Å². The van der Waals surface area contributed by atoms with Crippen molar-refractivity contribution < 1.29 is 4.74 Å². The molecule has 1 fully saturated rings.